The third kappa shape index (κ3) is 8.29. The summed E-state index contributed by atoms with van der Waals surface area (Å²) in [5, 5.41) is 0. The summed E-state index contributed by atoms with van der Waals surface area (Å²) in [6, 6.07) is 92.0. The summed E-state index contributed by atoms with van der Waals surface area (Å²) < 4.78 is 11.4. The minimum atomic E-state index is 0.254. The van der Waals surface area contributed by atoms with Gasteiger partial charge < -0.3 is 0 Å². The second-order valence-corrected chi connectivity index (χ2v) is 26.4. The molecule has 0 saturated carbocycles. The van der Waals surface area contributed by atoms with E-state index in [1.807, 2.05) is 0 Å². The maximum absolute atomic E-state index is 2.33. The van der Waals surface area contributed by atoms with Gasteiger partial charge in [-0.05, 0) is 0 Å². The molecule has 0 nitrogen and oxygen atoms in total. The van der Waals surface area contributed by atoms with Gasteiger partial charge in [-0.3, -0.25) is 0 Å². The molecule has 8 aromatic carbocycles. The van der Waals surface area contributed by atoms with Crippen molar-refractivity contribution in [1.82, 2.24) is 0 Å². The van der Waals surface area contributed by atoms with Gasteiger partial charge in [-0.1, -0.05) is 0 Å². The summed E-state index contributed by atoms with van der Waals surface area (Å²) in [5.74, 6) is 0. The number of rotatable bonds is 0. The van der Waals surface area contributed by atoms with Crippen LogP contribution in [0, 0.1) is 0 Å². The van der Waals surface area contributed by atoms with Gasteiger partial charge in [0.2, 0.25) is 0 Å². The van der Waals surface area contributed by atoms with Crippen LogP contribution in [0.15, 0.2) is 243 Å². The van der Waals surface area contributed by atoms with Crippen molar-refractivity contribution in [2.45, 2.75) is 0 Å². The standard InChI is InChI=1S/C64H40Se4/c1-17-49-18-2-41(1)42-3-19-50(20-4-42)59-35-36-60(66-59)52-23-7-45(8-24-52)46-11-27-54(28-12-46)63-39-40-64(68-63)56-31-15-48(16-32-56)47-13-29-55(30-14-47)62-38-37-61(67-62)53-25-9-44(10-26-53)43-5-21-51(22-6-43)58-34-33-57(49)65-58/h1-40H. The molecule has 34 rings (SSSR count). The average Bonchev–Trinajstić information content (AvgIpc) is 4.28. The zero-order valence-corrected chi connectivity index (χ0v) is 43.6. The van der Waals surface area contributed by atoms with Gasteiger partial charge in [0.05, 0.1) is 0 Å². The first-order chi connectivity index (χ1) is 33.6. The van der Waals surface area contributed by atoms with E-state index in [0.29, 0.717) is 0 Å². The minimum absolute atomic E-state index is 0.254. The fourth-order valence-electron chi connectivity index (χ4n) is 9.21. The molecule has 68 heavy (non-hydrogen) atoms. The molecule has 0 spiro atoms. The van der Waals surface area contributed by atoms with Gasteiger partial charge in [-0.25, -0.2) is 0 Å². The van der Waals surface area contributed by atoms with Crippen molar-refractivity contribution in [3.8, 4) is 125 Å². The van der Waals surface area contributed by atoms with Crippen molar-refractivity contribution < 1.29 is 0 Å². The predicted octanol–water partition coefficient (Wildman–Crippen LogP) is 16.2. The third-order valence-corrected chi connectivity index (χ3v) is 23.0. The summed E-state index contributed by atoms with van der Waals surface area (Å²) in [6.07, 6.45) is 0. The van der Waals surface area contributed by atoms with Crippen LogP contribution in [0.5, 0.6) is 0 Å². The fraction of sp³-hybridized carbons (Fsp3) is 0. The van der Waals surface area contributed by atoms with Crippen LogP contribution in [-0.4, -0.2) is 58.0 Å². The number of hydrogen-bond acceptors (Lipinski definition) is 0. The fourth-order valence-corrected chi connectivity index (χ4v) is 17.7. The first kappa shape index (κ1) is 41.9. The van der Waals surface area contributed by atoms with Crippen LogP contribution in [0.3, 0.4) is 0 Å². The Morgan fingerprint density at radius 2 is 0.191 bits per heavy atom. The van der Waals surface area contributed by atoms with E-state index in [9.17, 15) is 0 Å². The molecule has 0 saturated heterocycles. The maximum atomic E-state index is 2.33. The topological polar surface area (TPSA) is 0 Å². The van der Waals surface area contributed by atoms with Gasteiger partial charge in [0.25, 0.3) is 0 Å². The Morgan fingerprint density at radius 3 is 0.294 bits per heavy atom. The second kappa shape index (κ2) is 18.0. The molecule has 22 aliphatic heterocycles. The Kier molecular flexibility index (Phi) is 11.1. The molecule has 4 heteroatoms. The molecular weight excluding hydrogens is 1080 g/mol. The van der Waals surface area contributed by atoms with E-state index >= 15 is 0 Å². The van der Waals surface area contributed by atoms with Crippen LogP contribution in [0.4, 0.5) is 0 Å². The molecule has 0 atom stereocenters. The van der Waals surface area contributed by atoms with E-state index in [4.69, 9.17) is 0 Å². The molecule has 0 aliphatic carbocycles. The summed E-state index contributed by atoms with van der Waals surface area (Å²) in [5.41, 5.74) is 20.6. The summed E-state index contributed by atoms with van der Waals surface area (Å²) >= 11 is 1.02. The number of hydrogen-bond donors (Lipinski definition) is 0. The van der Waals surface area contributed by atoms with Crippen LogP contribution in [0.2, 0.25) is 0 Å². The van der Waals surface area contributed by atoms with Crippen LogP contribution in [0.25, 0.3) is 125 Å². The van der Waals surface area contributed by atoms with Crippen molar-refractivity contribution in [1.29, 1.82) is 0 Å². The van der Waals surface area contributed by atoms with Crippen LogP contribution < -0.4 is 0 Å². The normalized spacial score (nSPS) is 11.5. The van der Waals surface area contributed by atoms with E-state index in [2.05, 4.69) is 243 Å². The monoisotopic (exact) mass is 1130 g/mol. The molecular formula is C64H40Se4. The number of benzene rings is 8. The van der Waals surface area contributed by atoms with Gasteiger partial charge >= 0.3 is 425 Å². The molecule has 0 N–H and O–H groups in total. The van der Waals surface area contributed by atoms with Crippen molar-refractivity contribution in [2.24, 2.45) is 0 Å². The molecule has 12 aromatic rings. The molecule has 26 heterocycles. The molecule has 0 unspecified atom stereocenters. The van der Waals surface area contributed by atoms with Gasteiger partial charge in [-0.15, -0.1) is 0 Å². The van der Waals surface area contributed by atoms with Crippen molar-refractivity contribution in [3.63, 3.8) is 0 Å². The SMILES string of the molecule is c1cc2ccc1-c1ccc(cc1)-c1ccc([se]1)-c1ccc(cc1)-c1ccc(cc1)-c1ccc([se]1)-c1ccc(cc1)-c1ccc(cc1)-c1ccc([se]1)-c1ccc(cc1)-c1ccc(cc1)-c1ccc-2[se]1. The average molecular weight is 1120 g/mol. The quantitative estimate of drug-likeness (QED) is 0.133. The molecule has 4 aromatic heterocycles. The Bertz CT molecular complexity index is 2950. The molecule has 0 fully saturated rings. The Hall–Kier alpha value is -6.24. The van der Waals surface area contributed by atoms with Crippen LogP contribution in [-0.2, 0) is 0 Å². The molecule has 0 radical (unpaired) electrons. The van der Waals surface area contributed by atoms with Gasteiger partial charge in [0, 0.05) is 0 Å². The van der Waals surface area contributed by atoms with Gasteiger partial charge in [0.15, 0.2) is 0 Å². The van der Waals surface area contributed by atoms with Crippen molar-refractivity contribution >= 4 is 58.0 Å². The van der Waals surface area contributed by atoms with Crippen LogP contribution in [0.1, 0.15) is 0 Å². The van der Waals surface area contributed by atoms with Gasteiger partial charge in [-0.2, -0.15) is 0 Å². The Labute approximate surface area is 421 Å². The third-order valence-electron chi connectivity index (χ3n) is 13.1. The van der Waals surface area contributed by atoms with E-state index in [1.54, 1.807) is 0 Å². The Balaban J connectivity index is 0.798. The van der Waals surface area contributed by atoms with E-state index in [-0.39, 0.29) is 58.0 Å². The summed E-state index contributed by atoms with van der Waals surface area (Å²) in [7, 11) is 0. The van der Waals surface area contributed by atoms with Crippen molar-refractivity contribution in [3.05, 3.63) is 243 Å². The van der Waals surface area contributed by atoms with Crippen molar-refractivity contribution in [2.75, 3.05) is 0 Å². The summed E-state index contributed by atoms with van der Waals surface area (Å²) in [4.78, 5) is 0. The van der Waals surface area contributed by atoms with E-state index < -0.39 is 0 Å². The summed E-state index contributed by atoms with van der Waals surface area (Å²) in [6.45, 7) is 0. The zero-order valence-electron chi connectivity index (χ0n) is 36.7. The molecule has 320 valence electrons. The molecule has 22 aliphatic rings. The first-order valence-corrected chi connectivity index (χ1v) is 29.7. The predicted molar refractivity (Wildman–Crippen MR) is 293 cm³/mol. The molecule has 0 amide bonds. The first-order valence-electron chi connectivity index (χ1n) is 22.8. The molecule has 24 bridgehead atoms. The second-order valence-electron chi connectivity index (χ2n) is 17.3. The Morgan fingerprint density at radius 1 is 0.103 bits per heavy atom. The zero-order chi connectivity index (χ0) is 45.0. The van der Waals surface area contributed by atoms with Crippen LogP contribution >= 0.6 is 0 Å². The van der Waals surface area contributed by atoms with E-state index in [0.717, 1.165) is 0 Å². The van der Waals surface area contributed by atoms with Gasteiger partial charge in [0.1, 0.15) is 0 Å². The van der Waals surface area contributed by atoms with E-state index in [1.165, 1.54) is 125 Å².